The van der Waals surface area contributed by atoms with Crippen LogP contribution in [0, 0.1) is 0 Å². The predicted molar refractivity (Wildman–Crippen MR) is 43.0 cm³/mol. The Kier molecular flexibility index (Phi) is 51.2. The molecule has 0 spiro atoms. The average molecular weight is 236 g/mol. The summed E-state index contributed by atoms with van der Waals surface area (Å²) < 4.78 is 0. The zero-order valence-electron chi connectivity index (χ0n) is 2.76. The molecule has 0 aliphatic carbocycles. The third kappa shape index (κ3) is 58.9. The second-order valence-electron chi connectivity index (χ2n) is 0.519. The van der Waals surface area contributed by atoms with Gasteiger partial charge in [-0.3, -0.25) is 4.79 Å². The molecule has 0 unspecified atom stereocenters. The van der Waals surface area contributed by atoms with Crippen molar-refractivity contribution in [2.75, 3.05) is 0 Å². The van der Waals surface area contributed by atoms with Crippen LogP contribution in [0.4, 0.5) is 0 Å². The number of carboxylic acids is 1. The van der Waals surface area contributed by atoms with Gasteiger partial charge >= 0.3 is 70.2 Å². The first-order valence-electron chi connectivity index (χ1n) is 0.928. The quantitative estimate of drug-likeness (QED) is 0.451. The van der Waals surface area contributed by atoms with E-state index in [1.807, 2.05) is 0 Å². The Labute approximate surface area is 114 Å². The van der Waals surface area contributed by atoms with E-state index in [4.69, 9.17) is 9.90 Å². The van der Waals surface area contributed by atoms with E-state index < -0.39 is 5.97 Å². The van der Waals surface area contributed by atoms with Crippen LogP contribution in [0.25, 0.3) is 0 Å². The maximum atomic E-state index is 9.00. The minimum absolute atomic E-state index is 0. The van der Waals surface area contributed by atoms with Crippen LogP contribution >= 0.6 is 24.0 Å². The first-order valence-corrected chi connectivity index (χ1v) is 0.928. The Bertz CT molecular complexity index is 38.7. The van der Waals surface area contributed by atoms with Gasteiger partial charge in [-0.15, -0.1) is 24.0 Å². The second kappa shape index (κ2) is 15.8. The topological polar surface area (TPSA) is 37.3 Å². The molecule has 0 saturated heterocycles. The van der Waals surface area contributed by atoms with E-state index in [0.717, 1.165) is 6.92 Å². The number of halogens is 1. The van der Waals surface area contributed by atoms with Gasteiger partial charge < -0.3 is 5.11 Å². The SMILES string of the molecule is CC(=O)O.I.[KH].[LiH]. The van der Waals surface area contributed by atoms with Crippen molar-refractivity contribution in [1.29, 1.82) is 0 Å². The van der Waals surface area contributed by atoms with Crippen molar-refractivity contribution >= 4 is 100 Å². The van der Waals surface area contributed by atoms with E-state index in [-0.39, 0.29) is 94.2 Å². The standard InChI is InChI=1S/C2H4O2.HI.K.Li.2H/c1-2(3)4;;;;;/h1H3,(H,3,4);1H;;;;. The first-order chi connectivity index (χ1) is 1.73. The van der Waals surface area contributed by atoms with Gasteiger partial charge in [0.15, 0.2) is 0 Å². The molecule has 0 heterocycles. The number of aliphatic carboxylic acids is 1. The van der Waals surface area contributed by atoms with Crippen LogP contribution in [0.3, 0.4) is 0 Å². The first kappa shape index (κ1) is 22.7. The van der Waals surface area contributed by atoms with Crippen molar-refractivity contribution in [3.8, 4) is 0 Å². The fourth-order valence-corrected chi connectivity index (χ4v) is 0. The maximum absolute atomic E-state index is 9.00. The number of carbonyl (C=O) groups is 1. The van der Waals surface area contributed by atoms with E-state index in [2.05, 4.69) is 0 Å². The van der Waals surface area contributed by atoms with Gasteiger partial charge in [-0.1, -0.05) is 0 Å². The van der Waals surface area contributed by atoms with Gasteiger partial charge in [-0.25, -0.2) is 0 Å². The third-order valence-electron chi connectivity index (χ3n) is 0. The molecule has 0 bridgehead atoms. The van der Waals surface area contributed by atoms with Crippen molar-refractivity contribution in [3.63, 3.8) is 0 Å². The second-order valence-corrected chi connectivity index (χ2v) is 0.519. The fourth-order valence-electron chi connectivity index (χ4n) is 0. The molecule has 0 aliphatic heterocycles. The molecule has 2 nitrogen and oxygen atoms in total. The number of hydrogen-bond donors (Lipinski definition) is 1. The number of hydrogen-bond acceptors (Lipinski definition) is 1. The molecular formula is C2H7IKLiO2. The fraction of sp³-hybridized carbons (Fsp3) is 0.500. The molecule has 0 aliphatic rings. The Hall–Kier alpha value is 2.43. The van der Waals surface area contributed by atoms with Gasteiger partial charge in [0, 0.05) is 6.92 Å². The van der Waals surface area contributed by atoms with Crippen molar-refractivity contribution in [1.82, 2.24) is 0 Å². The summed E-state index contributed by atoms with van der Waals surface area (Å²) in [5.74, 6) is -0.833. The number of rotatable bonds is 0. The van der Waals surface area contributed by atoms with Crippen molar-refractivity contribution in [2.24, 2.45) is 0 Å². The molecule has 0 atom stereocenters. The van der Waals surface area contributed by atoms with E-state index in [1.54, 1.807) is 0 Å². The summed E-state index contributed by atoms with van der Waals surface area (Å²) in [4.78, 5) is 9.00. The van der Waals surface area contributed by atoms with Crippen molar-refractivity contribution < 1.29 is 9.90 Å². The van der Waals surface area contributed by atoms with Crippen LogP contribution in [0.5, 0.6) is 0 Å². The van der Waals surface area contributed by atoms with Gasteiger partial charge in [-0.05, 0) is 0 Å². The Morgan fingerprint density at radius 1 is 1.57 bits per heavy atom. The van der Waals surface area contributed by atoms with Crippen LogP contribution in [0.1, 0.15) is 6.92 Å². The molecule has 0 aromatic rings. The molecule has 0 amide bonds. The molecule has 0 saturated carbocycles. The molecule has 0 radical (unpaired) electrons. The molecule has 1 N–H and O–H groups in total. The Balaban J connectivity index is -0.0000000150. The van der Waals surface area contributed by atoms with E-state index in [9.17, 15) is 0 Å². The number of carboxylic acid groups (broad SMARTS) is 1. The van der Waals surface area contributed by atoms with Crippen molar-refractivity contribution in [3.05, 3.63) is 0 Å². The van der Waals surface area contributed by atoms with Crippen LogP contribution in [0.2, 0.25) is 0 Å². The summed E-state index contributed by atoms with van der Waals surface area (Å²) in [6, 6.07) is 0. The summed E-state index contributed by atoms with van der Waals surface area (Å²) in [6.45, 7) is 1.08. The molecule has 0 aromatic carbocycles. The Morgan fingerprint density at radius 2 is 1.57 bits per heavy atom. The van der Waals surface area contributed by atoms with Crippen LogP contribution in [0.15, 0.2) is 0 Å². The average Bonchev–Trinajstić information content (AvgIpc) is 0.811. The predicted octanol–water partition coefficient (Wildman–Crippen LogP) is -0.588. The minimum atomic E-state index is -0.833. The van der Waals surface area contributed by atoms with Crippen molar-refractivity contribution in [2.45, 2.75) is 6.92 Å². The molecule has 5 heteroatoms. The zero-order valence-corrected chi connectivity index (χ0v) is 5.09. The molecule has 36 valence electrons. The zero-order chi connectivity index (χ0) is 3.58. The van der Waals surface area contributed by atoms with E-state index in [0.29, 0.717) is 0 Å². The van der Waals surface area contributed by atoms with E-state index >= 15 is 0 Å². The van der Waals surface area contributed by atoms with E-state index in [1.165, 1.54) is 0 Å². The monoisotopic (exact) mass is 236 g/mol. The van der Waals surface area contributed by atoms with Gasteiger partial charge in [0.05, 0.1) is 0 Å². The van der Waals surface area contributed by atoms with Crippen LogP contribution in [-0.2, 0) is 4.79 Å². The van der Waals surface area contributed by atoms with Gasteiger partial charge in [0.1, 0.15) is 0 Å². The summed E-state index contributed by atoms with van der Waals surface area (Å²) in [6.07, 6.45) is 0. The summed E-state index contributed by atoms with van der Waals surface area (Å²) in [7, 11) is 0. The summed E-state index contributed by atoms with van der Waals surface area (Å²) >= 11 is 0. The molecule has 7 heavy (non-hydrogen) atoms. The Morgan fingerprint density at radius 3 is 1.57 bits per heavy atom. The normalized spacial score (nSPS) is 3.57. The van der Waals surface area contributed by atoms with Crippen LogP contribution < -0.4 is 0 Å². The van der Waals surface area contributed by atoms with Gasteiger partial charge in [0.25, 0.3) is 5.97 Å². The summed E-state index contributed by atoms with van der Waals surface area (Å²) in [5.41, 5.74) is 0. The molecule has 0 aromatic heterocycles. The summed E-state index contributed by atoms with van der Waals surface area (Å²) in [5, 5.41) is 7.42. The molecule has 0 rings (SSSR count). The molecular weight excluding hydrogens is 229 g/mol. The van der Waals surface area contributed by atoms with Gasteiger partial charge in [0.2, 0.25) is 0 Å². The van der Waals surface area contributed by atoms with Gasteiger partial charge in [-0.2, -0.15) is 0 Å². The molecule has 0 fully saturated rings. The third-order valence-corrected chi connectivity index (χ3v) is 0. The van der Waals surface area contributed by atoms with Crippen LogP contribution in [-0.4, -0.2) is 81.3 Å².